The Morgan fingerprint density at radius 1 is 1.06 bits per heavy atom. The SMILES string of the molecule is CC(C)(C)CC(C)(C)NCC(O)COc1ccccc1C(=O)Nc1cccc2[nH]ccc12. The van der Waals surface area contributed by atoms with Gasteiger partial charge in [0, 0.05) is 29.2 Å². The van der Waals surface area contributed by atoms with Gasteiger partial charge in [-0.25, -0.2) is 0 Å². The van der Waals surface area contributed by atoms with E-state index in [0.29, 0.717) is 17.9 Å². The van der Waals surface area contributed by atoms with Crippen molar-refractivity contribution in [3.63, 3.8) is 0 Å². The summed E-state index contributed by atoms with van der Waals surface area (Å²) in [5.74, 6) is 0.187. The lowest BCUT2D eigenvalue weighted by Crippen LogP contribution is -2.46. The maximum absolute atomic E-state index is 13.0. The third-order valence-corrected chi connectivity index (χ3v) is 5.19. The summed E-state index contributed by atoms with van der Waals surface area (Å²) >= 11 is 0. The van der Waals surface area contributed by atoms with Crippen LogP contribution in [0.3, 0.4) is 0 Å². The molecule has 1 aromatic heterocycles. The van der Waals surface area contributed by atoms with Crippen LogP contribution in [0.1, 0.15) is 51.4 Å². The van der Waals surface area contributed by atoms with Crippen molar-refractivity contribution in [3.8, 4) is 5.75 Å². The molecule has 172 valence electrons. The average Bonchev–Trinajstić information content (AvgIpc) is 3.19. The molecule has 6 nitrogen and oxygen atoms in total. The van der Waals surface area contributed by atoms with Gasteiger partial charge in [-0.15, -0.1) is 0 Å². The quantitative estimate of drug-likeness (QED) is 0.381. The molecule has 4 N–H and O–H groups in total. The zero-order valence-electron chi connectivity index (χ0n) is 19.7. The first-order valence-corrected chi connectivity index (χ1v) is 11.1. The van der Waals surface area contributed by atoms with Crippen LogP contribution in [0.25, 0.3) is 10.9 Å². The molecule has 1 unspecified atom stereocenters. The number of hydrogen-bond donors (Lipinski definition) is 4. The van der Waals surface area contributed by atoms with Crippen LogP contribution in [0.4, 0.5) is 5.69 Å². The number of fused-ring (bicyclic) bond motifs is 1. The van der Waals surface area contributed by atoms with Crippen LogP contribution in [-0.2, 0) is 0 Å². The second-order valence-electron chi connectivity index (χ2n) is 10.2. The molecule has 0 aliphatic rings. The number of aliphatic hydroxyl groups is 1. The van der Waals surface area contributed by atoms with Gasteiger partial charge in [0.1, 0.15) is 18.5 Å². The van der Waals surface area contributed by atoms with Crippen molar-refractivity contribution in [1.82, 2.24) is 10.3 Å². The molecular formula is C26H35N3O3. The van der Waals surface area contributed by atoms with Crippen molar-refractivity contribution in [2.45, 2.75) is 52.7 Å². The predicted octanol–water partition coefficient (Wildman–Crippen LogP) is 4.96. The largest absolute Gasteiger partial charge is 0.490 e. The minimum absolute atomic E-state index is 0.0935. The first-order chi connectivity index (χ1) is 15.0. The maximum Gasteiger partial charge on any atom is 0.259 e. The highest BCUT2D eigenvalue weighted by Gasteiger charge is 2.25. The van der Waals surface area contributed by atoms with Crippen molar-refractivity contribution in [3.05, 3.63) is 60.3 Å². The Labute approximate surface area is 190 Å². The number of aromatic amines is 1. The van der Waals surface area contributed by atoms with E-state index < -0.39 is 6.10 Å². The van der Waals surface area contributed by atoms with Crippen LogP contribution >= 0.6 is 0 Å². The molecule has 3 aromatic rings. The summed E-state index contributed by atoms with van der Waals surface area (Å²) in [6, 6.07) is 14.7. The summed E-state index contributed by atoms with van der Waals surface area (Å²) in [6.07, 6.45) is 2.12. The minimum Gasteiger partial charge on any atom is -0.490 e. The Morgan fingerprint density at radius 3 is 2.56 bits per heavy atom. The van der Waals surface area contributed by atoms with Gasteiger partial charge in [0.2, 0.25) is 0 Å². The van der Waals surface area contributed by atoms with Crippen LogP contribution < -0.4 is 15.4 Å². The van der Waals surface area contributed by atoms with Gasteiger partial charge in [0.25, 0.3) is 5.91 Å². The van der Waals surface area contributed by atoms with Gasteiger partial charge in [0.05, 0.1) is 11.3 Å². The molecule has 1 heterocycles. The zero-order valence-corrected chi connectivity index (χ0v) is 19.7. The number of H-pyrrole nitrogens is 1. The molecule has 1 atom stereocenters. The van der Waals surface area contributed by atoms with E-state index in [1.807, 2.05) is 36.5 Å². The van der Waals surface area contributed by atoms with Crippen LogP contribution in [-0.4, -0.2) is 40.8 Å². The van der Waals surface area contributed by atoms with Crippen molar-refractivity contribution in [2.24, 2.45) is 5.41 Å². The molecule has 0 aliphatic heterocycles. The summed E-state index contributed by atoms with van der Waals surface area (Å²) in [5, 5.41) is 17.8. The van der Waals surface area contributed by atoms with E-state index in [0.717, 1.165) is 23.0 Å². The first kappa shape index (κ1) is 23.8. The highest BCUT2D eigenvalue weighted by Crippen LogP contribution is 2.27. The molecule has 0 bridgehead atoms. The molecule has 0 fully saturated rings. The van der Waals surface area contributed by atoms with Crippen molar-refractivity contribution in [2.75, 3.05) is 18.5 Å². The van der Waals surface area contributed by atoms with E-state index in [1.165, 1.54) is 0 Å². The first-order valence-electron chi connectivity index (χ1n) is 11.1. The number of aliphatic hydroxyl groups excluding tert-OH is 1. The number of rotatable bonds is 9. The number of ether oxygens (including phenoxy) is 1. The zero-order chi connectivity index (χ0) is 23.4. The van der Waals surface area contributed by atoms with Gasteiger partial charge >= 0.3 is 0 Å². The summed E-state index contributed by atoms with van der Waals surface area (Å²) in [7, 11) is 0. The highest BCUT2D eigenvalue weighted by atomic mass is 16.5. The summed E-state index contributed by atoms with van der Waals surface area (Å²) in [5.41, 5.74) is 2.20. The van der Waals surface area contributed by atoms with E-state index in [4.69, 9.17) is 4.74 Å². The lowest BCUT2D eigenvalue weighted by molar-refractivity contribution is 0.0917. The molecule has 0 radical (unpaired) electrons. The number of anilines is 1. The molecule has 6 heteroatoms. The van der Waals surface area contributed by atoms with E-state index >= 15 is 0 Å². The highest BCUT2D eigenvalue weighted by molar-refractivity contribution is 6.10. The number of aromatic nitrogens is 1. The number of benzene rings is 2. The molecule has 1 amide bonds. The number of amides is 1. The van der Waals surface area contributed by atoms with Crippen LogP contribution in [0.2, 0.25) is 0 Å². The standard InChI is InChI=1S/C26H35N3O3/c1-25(2,3)17-26(4,5)28-15-18(30)16-32-23-12-7-6-9-20(23)24(31)29-22-11-8-10-21-19(22)13-14-27-21/h6-14,18,27-28,30H,15-17H2,1-5H3,(H,29,31). The van der Waals surface area contributed by atoms with Crippen LogP contribution in [0.5, 0.6) is 5.75 Å². The Bertz CT molecular complexity index is 1050. The van der Waals surface area contributed by atoms with Crippen molar-refractivity contribution in [1.29, 1.82) is 0 Å². The molecule has 3 rings (SSSR count). The smallest absolute Gasteiger partial charge is 0.259 e. The molecule has 0 saturated heterocycles. The number of β-amino-alcohol motifs (C(OH)–C–C–N with tert-alkyl or cyclic N) is 1. The minimum atomic E-state index is -0.695. The van der Waals surface area contributed by atoms with E-state index in [1.54, 1.807) is 18.2 Å². The number of nitrogens with one attached hydrogen (secondary N) is 3. The third-order valence-electron chi connectivity index (χ3n) is 5.19. The monoisotopic (exact) mass is 437 g/mol. The van der Waals surface area contributed by atoms with Gasteiger partial charge in [0.15, 0.2) is 0 Å². The molecular weight excluding hydrogens is 402 g/mol. The average molecular weight is 438 g/mol. The summed E-state index contributed by atoms with van der Waals surface area (Å²) in [4.78, 5) is 16.1. The Kier molecular flexibility index (Phi) is 7.26. The normalized spacial score (nSPS) is 13.2. The number of carbonyl (C=O) groups is 1. The van der Waals surface area contributed by atoms with Crippen LogP contribution in [0, 0.1) is 5.41 Å². The Hall–Kier alpha value is -2.83. The van der Waals surface area contributed by atoms with Gasteiger partial charge in [-0.2, -0.15) is 0 Å². The van der Waals surface area contributed by atoms with Gasteiger partial charge in [-0.05, 0) is 56.0 Å². The van der Waals surface area contributed by atoms with Crippen LogP contribution in [0.15, 0.2) is 54.7 Å². The number of para-hydroxylation sites is 1. The Morgan fingerprint density at radius 2 is 1.81 bits per heavy atom. The second kappa shape index (κ2) is 9.76. The van der Waals surface area contributed by atoms with E-state index in [2.05, 4.69) is 50.2 Å². The third kappa shape index (κ3) is 6.58. The molecule has 0 spiro atoms. The van der Waals surface area contributed by atoms with Gasteiger partial charge < -0.3 is 25.5 Å². The Balaban J connectivity index is 1.60. The maximum atomic E-state index is 13.0. The topological polar surface area (TPSA) is 86.4 Å². The summed E-state index contributed by atoms with van der Waals surface area (Å²) in [6.45, 7) is 11.4. The molecule has 32 heavy (non-hydrogen) atoms. The summed E-state index contributed by atoms with van der Waals surface area (Å²) < 4.78 is 5.84. The lowest BCUT2D eigenvalue weighted by atomic mass is 9.82. The fraction of sp³-hybridized carbons (Fsp3) is 0.423. The molecule has 0 aliphatic carbocycles. The van der Waals surface area contributed by atoms with Gasteiger partial charge in [-0.3, -0.25) is 4.79 Å². The van der Waals surface area contributed by atoms with Gasteiger partial charge in [-0.1, -0.05) is 39.0 Å². The predicted molar refractivity (Wildman–Crippen MR) is 130 cm³/mol. The van der Waals surface area contributed by atoms with Crippen molar-refractivity contribution < 1.29 is 14.6 Å². The molecule has 2 aromatic carbocycles. The fourth-order valence-electron chi connectivity index (χ4n) is 4.19. The lowest BCUT2D eigenvalue weighted by Gasteiger charge is -2.34. The molecule has 0 saturated carbocycles. The van der Waals surface area contributed by atoms with Crippen molar-refractivity contribution >= 4 is 22.5 Å². The van der Waals surface area contributed by atoms with E-state index in [9.17, 15) is 9.90 Å². The fourth-order valence-corrected chi connectivity index (χ4v) is 4.19. The number of hydrogen-bond acceptors (Lipinski definition) is 4. The number of carbonyl (C=O) groups excluding carboxylic acids is 1. The second-order valence-corrected chi connectivity index (χ2v) is 10.2. The van der Waals surface area contributed by atoms with E-state index in [-0.39, 0.29) is 23.5 Å².